The Morgan fingerprint density at radius 1 is 0.228 bits per heavy atom. The molecule has 268 valence electrons. The summed E-state index contributed by atoms with van der Waals surface area (Å²) in [5, 5.41) is 0. The molecule has 0 amide bonds. The van der Waals surface area contributed by atoms with E-state index in [1.165, 1.54) is 89.0 Å². The summed E-state index contributed by atoms with van der Waals surface area (Å²) in [5.74, 6) is 0. The predicted octanol–water partition coefficient (Wildman–Crippen LogP) is 15.0. The summed E-state index contributed by atoms with van der Waals surface area (Å²) in [5.41, 5.74) is 24.2. The van der Waals surface area contributed by atoms with Crippen molar-refractivity contribution in [1.29, 1.82) is 0 Å². The second-order valence-electron chi connectivity index (χ2n) is 15.3. The Labute approximate surface area is 334 Å². The van der Waals surface area contributed by atoms with Crippen molar-refractivity contribution in [2.45, 2.75) is 12.8 Å². The van der Waals surface area contributed by atoms with Crippen molar-refractivity contribution in [1.82, 2.24) is 0 Å². The fourth-order valence-corrected chi connectivity index (χ4v) is 8.95. The normalized spacial score (nSPS) is 12.1. The van der Waals surface area contributed by atoms with E-state index in [1.807, 2.05) is 0 Å². The number of rotatable bonds is 7. The second-order valence-corrected chi connectivity index (χ2v) is 15.3. The molecule has 0 fully saturated rings. The molecule has 0 heterocycles. The van der Waals surface area contributed by atoms with Gasteiger partial charge in [0.1, 0.15) is 0 Å². The summed E-state index contributed by atoms with van der Waals surface area (Å²) in [6, 6.07) is 78.1. The van der Waals surface area contributed by atoms with E-state index in [9.17, 15) is 0 Å². The Kier molecular flexibility index (Phi) is 8.03. The van der Waals surface area contributed by atoms with Crippen molar-refractivity contribution in [2.24, 2.45) is 0 Å². The molecule has 57 heavy (non-hydrogen) atoms. The predicted molar refractivity (Wildman–Crippen MR) is 239 cm³/mol. The van der Waals surface area contributed by atoms with Crippen LogP contribution in [0.1, 0.15) is 22.3 Å². The van der Waals surface area contributed by atoms with Crippen LogP contribution in [0.2, 0.25) is 0 Å². The van der Waals surface area contributed by atoms with Gasteiger partial charge in [-0.2, -0.15) is 0 Å². The summed E-state index contributed by atoms with van der Waals surface area (Å²) in [6.45, 7) is 0. The molecule has 1 heteroatoms. The number of nitrogens with zero attached hydrogens (tertiary/aromatic N) is 1. The first-order valence-corrected chi connectivity index (χ1v) is 19.9. The van der Waals surface area contributed by atoms with Gasteiger partial charge in [-0.25, -0.2) is 0 Å². The van der Waals surface area contributed by atoms with Crippen molar-refractivity contribution >= 4 is 17.1 Å². The molecule has 2 aliphatic carbocycles. The Bertz CT molecular complexity index is 2760. The van der Waals surface area contributed by atoms with Crippen LogP contribution in [0.4, 0.5) is 17.1 Å². The highest BCUT2D eigenvalue weighted by Gasteiger charge is 2.20. The smallest absolute Gasteiger partial charge is 0.0462 e. The maximum Gasteiger partial charge on any atom is 0.0462 e. The fourth-order valence-electron chi connectivity index (χ4n) is 8.95. The van der Waals surface area contributed by atoms with Crippen molar-refractivity contribution in [3.8, 4) is 66.8 Å². The first-order valence-electron chi connectivity index (χ1n) is 19.9. The SMILES string of the molecule is c1ccc(-c2ccc(-c3ccc(N(c4ccc(-c5ccc6c(c5)-c5ccccc5C6)cc4)c4ccc(-c5ccc6c(c5)-c5ccccc5C6)cc4)cc3)cc2)cc1. The number of anilines is 3. The third-order valence-corrected chi connectivity index (χ3v) is 12.0. The van der Waals surface area contributed by atoms with Crippen LogP contribution < -0.4 is 4.90 Å². The number of fused-ring (bicyclic) bond motifs is 6. The maximum absolute atomic E-state index is 2.37. The van der Waals surface area contributed by atoms with E-state index in [-0.39, 0.29) is 0 Å². The molecule has 9 aromatic carbocycles. The second kappa shape index (κ2) is 13.8. The van der Waals surface area contributed by atoms with Gasteiger partial charge in [0.2, 0.25) is 0 Å². The van der Waals surface area contributed by atoms with Gasteiger partial charge in [0.25, 0.3) is 0 Å². The van der Waals surface area contributed by atoms with Crippen molar-refractivity contribution in [3.05, 3.63) is 235 Å². The number of hydrogen-bond donors (Lipinski definition) is 0. The average molecular weight is 726 g/mol. The van der Waals surface area contributed by atoms with Gasteiger partial charge in [-0.3, -0.25) is 0 Å². The van der Waals surface area contributed by atoms with Crippen LogP contribution in [0.25, 0.3) is 66.8 Å². The standard InChI is InChI=1S/C56H39N/c1-2-8-38(9-3-1)39-14-16-40(17-15-39)41-22-28-50(29-23-41)57(51-30-24-42(25-31-51)44-18-20-48-34-46-10-4-6-12-53(46)55(48)36-44)52-32-26-43(27-33-52)45-19-21-49-35-47-11-5-7-13-54(47)56(49)37-45/h1-33,36-37H,34-35H2. The van der Waals surface area contributed by atoms with Gasteiger partial charge in [0.15, 0.2) is 0 Å². The highest BCUT2D eigenvalue weighted by atomic mass is 15.1. The average Bonchev–Trinajstić information content (AvgIpc) is 3.85. The molecule has 2 aliphatic rings. The summed E-state index contributed by atoms with van der Waals surface area (Å²) < 4.78 is 0. The quantitative estimate of drug-likeness (QED) is 0.158. The van der Waals surface area contributed by atoms with Gasteiger partial charge in [-0.1, -0.05) is 164 Å². The number of benzene rings is 9. The molecule has 9 aromatic rings. The topological polar surface area (TPSA) is 3.24 Å². The van der Waals surface area contributed by atoms with Crippen LogP contribution >= 0.6 is 0 Å². The molecule has 0 unspecified atom stereocenters. The molecule has 0 aliphatic heterocycles. The zero-order valence-corrected chi connectivity index (χ0v) is 31.6. The molecule has 0 saturated carbocycles. The van der Waals surface area contributed by atoms with Gasteiger partial charge < -0.3 is 4.90 Å². The van der Waals surface area contributed by atoms with Crippen LogP contribution in [0.5, 0.6) is 0 Å². The van der Waals surface area contributed by atoms with E-state index in [1.54, 1.807) is 0 Å². The Balaban J connectivity index is 0.931. The molecule has 0 bridgehead atoms. The molecule has 11 rings (SSSR count). The largest absolute Gasteiger partial charge is 0.311 e. The summed E-state index contributed by atoms with van der Waals surface area (Å²) >= 11 is 0. The van der Waals surface area contributed by atoms with E-state index in [0.29, 0.717) is 0 Å². The van der Waals surface area contributed by atoms with Crippen LogP contribution in [0.15, 0.2) is 212 Å². The Morgan fingerprint density at radius 3 is 0.947 bits per heavy atom. The van der Waals surface area contributed by atoms with Crippen molar-refractivity contribution < 1.29 is 0 Å². The molecule has 1 nitrogen and oxygen atoms in total. The van der Waals surface area contributed by atoms with E-state index in [0.717, 1.165) is 29.9 Å². The first kappa shape index (κ1) is 33.1. The Morgan fingerprint density at radius 2 is 0.526 bits per heavy atom. The highest BCUT2D eigenvalue weighted by molar-refractivity contribution is 5.85. The van der Waals surface area contributed by atoms with Crippen molar-refractivity contribution in [2.75, 3.05) is 4.90 Å². The highest BCUT2D eigenvalue weighted by Crippen LogP contribution is 2.42. The minimum atomic E-state index is 1.01. The van der Waals surface area contributed by atoms with Crippen LogP contribution in [0.3, 0.4) is 0 Å². The molecule has 0 atom stereocenters. The lowest BCUT2D eigenvalue weighted by Gasteiger charge is -2.26. The monoisotopic (exact) mass is 725 g/mol. The van der Waals surface area contributed by atoms with E-state index < -0.39 is 0 Å². The van der Waals surface area contributed by atoms with Gasteiger partial charge in [0.05, 0.1) is 0 Å². The molecule has 0 saturated heterocycles. The number of hydrogen-bond acceptors (Lipinski definition) is 1. The zero-order chi connectivity index (χ0) is 37.7. The molecule has 0 aromatic heterocycles. The minimum absolute atomic E-state index is 1.01. The van der Waals surface area contributed by atoms with Gasteiger partial charge >= 0.3 is 0 Å². The minimum Gasteiger partial charge on any atom is -0.311 e. The van der Waals surface area contributed by atoms with Crippen LogP contribution in [-0.4, -0.2) is 0 Å². The lowest BCUT2D eigenvalue weighted by Crippen LogP contribution is -2.09. The molecule has 0 spiro atoms. The van der Waals surface area contributed by atoms with Crippen molar-refractivity contribution in [3.63, 3.8) is 0 Å². The maximum atomic E-state index is 2.37. The van der Waals surface area contributed by atoms with Gasteiger partial charge in [-0.05, 0) is 150 Å². The molecule has 0 radical (unpaired) electrons. The third-order valence-electron chi connectivity index (χ3n) is 12.0. The molecular weight excluding hydrogens is 687 g/mol. The third kappa shape index (κ3) is 6.05. The van der Waals surface area contributed by atoms with Crippen LogP contribution in [-0.2, 0) is 12.8 Å². The summed E-state index contributed by atoms with van der Waals surface area (Å²) in [6.07, 6.45) is 2.02. The summed E-state index contributed by atoms with van der Waals surface area (Å²) in [4.78, 5) is 2.37. The molecular formula is C56H39N. The first-order chi connectivity index (χ1) is 28.2. The lowest BCUT2D eigenvalue weighted by atomic mass is 9.97. The fraction of sp³-hybridized carbons (Fsp3) is 0.0357. The zero-order valence-electron chi connectivity index (χ0n) is 31.6. The lowest BCUT2D eigenvalue weighted by molar-refractivity contribution is 1.26. The molecule has 0 N–H and O–H groups in total. The van der Waals surface area contributed by atoms with Gasteiger partial charge in [0, 0.05) is 17.1 Å². The van der Waals surface area contributed by atoms with Gasteiger partial charge in [-0.15, -0.1) is 0 Å². The summed E-state index contributed by atoms with van der Waals surface area (Å²) in [7, 11) is 0. The van der Waals surface area contributed by atoms with E-state index >= 15 is 0 Å². The van der Waals surface area contributed by atoms with E-state index in [2.05, 4.69) is 217 Å². The van der Waals surface area contributed by atoms with Crippen LogP contribution in [0, 0.1) is 0 Å². The Hall–Kier alpha value is -7.22. The van der Waals surface area contributed by atoms with E-state index in [4.69, 9.17) is 0 Å².